The number of hydrogen-bond donors (Lipinski definition) is 4. The fourth-order valence-corrected chi connectivity index (χ4v) is 4.65. The van der Waals surface area contributed by atoms with Crippen molar-refractivity contribution in [2.24, 2.45) is 0 Å². The molecule has 0 aromatic heterocycles. The molecular formula is C32H27BrN4O4S. The van der Waals surface area contributed by atoms with Gasteiger partial charge in [0, 0.05) is 38.9 Å². The second-order valence-corrected chi connectivity index (χ2v) is 11.0. The van der Waals surface area contributed by atoms with Crippen LogP contribution in [0.1, 0.15) is 22.8 Å². The predicted molar refractivity (Wildman–Crippen MR) is 171 cm³/mol. The van der Waals surface area contributed by atoms with E-state index in [9.17, 15) is 19.2 Å². The van der Waals surface area contributed by atoms with Crippen molar-refractivity contribution < 1.29 is 19.2 Å². The van der Waals surface area contributed by atoms with Crippen LogP contribution in [0.3, 0.4) is 0 Å². The Morgan fingerprint density at radius 1 is 0.714 bits per heavy atom. The third-order valence-electron chi connectivity index (χ3n) is 5.68. The van der Waals surface area contributed by atoms with E-state index in [-0.39, 0.29) is 23.3 Å². The normalized spacial score (nSPS) is 10.9. The fourth-order valence-electron chi connectivity index (χ4n) is 3.69. The first-order valence-electron chi connectivity index (χ1n) is 12.8. The topological polar surface area (TPSA) is 116 Å². The highest BCUT2D eigenvalue weighted by Crippen LogP contribution is 2.22. The van der Waals surface area contributed by atoms with Gasteiger partial charge in [0.2, 0.25) is 11.8 Å². The smallest absolute Gasteiger partial charge is 0.272 e. The molecule has 0 atom stereocenters. The summed E-state index contributed by atoms with van der Waals surface area (Å²) in [5, 5.41) is 11.0. The van der Waals surface area contributed by atoms with Gasteiger partial charge in [0.25, 0.3) is 11.8 Å². The van der Waals surface area contributed by atoms with Gasteiger partial charge in [-0.05, 0) is 84.4 Å². The highest BCUT2D eigenvalue weighted by Gasteiger charge is 2.15. The average molecular weight is 644 g/mol. The Balaban J connectivity index is 1.36. The van der Waals surface area contributed by atoms with Crippen LogP contribution in [-0.4, -0.2) is 29.4 Å². The summed E-state index contributed by atoms with van der Waals surface area (Å²) in [6.45, 7) is 1.43. The molecule has 42 heavy (non-hydrogen) atoms. The second kappa shape index (κ2) is 14.8. The summed E-state index contributed by atoms with van der Waals surface area (Å²) in [5.41, 5.74) is 3.07. The molecule has 0 unspecified atom stereocenters. The van der Waals surface area contributed by atoms with E-state index in [4.69, 9.17) is 0 Å². The molecule has 4 aromatic carbocycles. The number of rotatable bonds is 10. The lowest BCUT2D eigenvalue weighted by atomic mass is 10.1. The highest BCUT2D eigenvalue weighted by molar-refractivity contribution is 9.10. The molecule has 0 saturated heterocycles. The molecule has 4 N–H and O–H groups in total. The molecule has 0 bridgehead atoms. The predicted octanol–water partition coefficient (Wildman–Crippen LogP) is 6.55. The molecule has 0 heterocycles. The van der Waals surface area contributed by atoms with Crippen molar-refractivity contribution in [3.05, 3.63) is 124 Å². The number of nitrogens with one attached hydrogen (secondary N) is 4. The van der Waals surface area contributed by atoms with E-state index < -0.39 is 11.8 Å². The van der Waals surface area contributed by atoms with Crippen molar-refractivity contribution in [2.45, 2.75) is 11.8 Å². The molecule has 10 heteroatoms. The van der Waals surface area contributed by atoms with Gasteiger partial charge >= 0.3 is 0 Å². The number of hydrogen-bond acceptors (Lipinski definition) is 5. The number of halogens is 1. The Hall–Kier alpha value is -4.67. The van der Waals surface area contributed by atoms with Crippen LogP contribution in [0.15, 0.2) is 118 Å². The Labute approximate surface area is 256 Å². The molecule has 4 rings (SSSR count). The summed E-state index contributed by atoms with van der Waals surface area (Å²) in [4.78, 5) is 50.4. The molecular weight excluding hydrogens is 616 g/mol. The van der Waals surface area contributed by atoms with Gasteiger partial charge in [0.15, 0.2) is 0 Å². The highest BCUT2D eigenvalue weighted by atomic mass is 79.9. The molecule has 0 aliphatic carbocycles. The van der Waals surface area contributed by atoms with Crippen LogP contribution in [0.2, 0.25) is 0 Å². The molecule has 0 aliphatic heterocycles. The first-order valence-corrected chi connectivity index (χ1v) is 14.6. The molecule has 0 spiro atoms. The zero-order valence-corrected chi connectivity index (χ0v) is 24.9. The van der Waals surface area contributed by atoms with Gasteiger partial charge < -0.3 is 21.3 Å². The van der Waals surface area contributed by atoms with Crippen molar-refractivity contribution >= 4 is 74.5 Å². The first-order chi connectivity index (χ1) is 20.2. The monoisotopic (exact) mass is 642 g/mol. The maximum Gasteiger partial charge on any atom is 0.272 e. The van der Waals surface area contributed by atoms with Crippen LogP contribution in [0.4, 0.5) is 17.1 Å². The zero-order chi connectivity index (χ0) is 29.9. The summed E-state index contributed by atoms with van der Waals surface area (Å²) in [6.07, 6.45) is 1.61. The third kappa shape index (κ3) is 9.46. The van der Waals surface area contributed by atoms with Gasteiger partial charge in [0.05, 0.1) is 5.75 Å². The SMILES string of the molecule is CC(=O)Nc1ccc(NC(=O)CSc2ccc(NC(=O)/C(=C/c3ccc(Br)cc3)NC(=O)c3ccccc3)cc2)cc1. The number of thioether (sulfide) groups is 1. The van der Waals surface area contributed by atoms with Gasteiger partial charge in [-0.15, -0.1) is 11.8 Å². The van der Waals surface area contributed by atoms with E-state index in [2.05, 4.69) is 37.2 Å². The van der Waals surface area contributed by atoms with E-state index in [1.165, 1.54) is 18.7 Å². The lowest BCUT2D eigenvalue weighted by molar-refractivity contribution is -0.114. The minimum absolute atomic E-state index is 0.0893. The van der Waals surface area contributed by atoms with Crippen molar-refractivity contribution in [3.8, 4) is 0 Å². The second-order valence-electron chi connectivity index (χ2n) is 9.00. The van der Waals surface area contributed by atoms with Crippen LogP contribution >= 0.6 is 27.7 Å². The molecule has 212 valence electrons. The van der Waals surface area contributed by atoms with Crippen LogP contribution in [0, 0.1) is 0 Å². The maximum absolute atomic E-state index is 13.2. The fraction of sp³-hybridized carbons (Fsp3) is 0.0625. The molecule has 8 nitrogen and oxygen atoms in total. The van der Waals surface area contributed by atoms with Crippen molar-refractivity contribution in [1.29, 1.82) is 0 Å². The van der Waals surface area contributed by atoms with Crippen molar-refractivity contribution in [3.63, 3.8) is 0 Å². The largest absolute Gasteiger partial charge is 0.326 e. The standard InChI is InChI=1S/C32H27BrN4O4S/c1-21(38)34-25-11-13-26(14-12-25)35-30(39)20-42-28-17-15-27(16-18-28)36-32(41)29(19-22-7-9-24(33)10-8-22)37-31(40)23-5-3-2-4-6-23/h2-19H,20H2,1H3,(H,34,38)(H,35,39)(H,36,41)(H,37,40)/b29-19-. The van der Waals surface area contributed by atoms with Gasteiger partial charge in [-0.1, -0.05) is 46.3 Å². The molecule has 0 saturated carbocycles. The summed E-state index contributed by atoms with van der Waals surface area (Å²) in [7, 11) is 0. The Kier molecular flexibility index (Phi) is 10.7. The summed E-state index contributed by atoms with van der Waals surface area (Å²) >= 11 is 4.75. The van der Waals surface area contributed by atoms with Gasteiger partial charge in [-0.3, -0.25) is 19.2 Å². The van der Waals surface area contributed by atoms with Gasteiger partial charge in [-0.2, -0.15) is 0 Å². The number of carbonyl (C=O) groups is 4. The lowest BCUT2D eigenvalue weighted by Crippen LogP contribution is -2.30. The van der Waals surface area contributed by atoms with Crippen molar-refractivity contribution in [2.75, 3.05) is 21.7 Å². The molecule has 4 amide bonds. The third-order valence-corrected chi connectivity index (χ3v) is 7.22. The number of benzene rings is 4. The van der Waals surface area contributed by atoms with Crippen LogP contribution < -0.4 is 21.3 Å². The van der Waals surface area contributed by atoms with E-state index >= 15 is 0 Å². The van der Waals surface area contributed by atoms with Crippen LogP contribution in [0.5, 0.6) is 0 Å². The molecule has 0 radical (unpaired) electrons. The lowest BCUT2D eigenvalue weighted by Gasteiger charge is -2.12. The number of anilines is 3. The van der Waals surface area contributed by atoms with E-state index in [0.29, 0.717) is 22.6 Å². The summed E-state index contributed by atoms with van der Waals surface area (Å²) < 4.78 is 0.895. The summed E-state index contributed by atoms with van der Waals surface area (Å²) in [5.74, 6) is -1.04. The maximum atomic E-state index is 13.2. The summed E-state index contributed by atoms with van der Waals surface area (Å²) in [6, 6.07) is 29.9. The molecule has 4 aromatic rings. The van der Waals surface area contributed by atoms with E-state index in [1.807, 2.05) is 30.3 Å². The van der Waals surface area contributed by atoms with Crippen LogP contribution in [-0.2, 0) is 14.4 Å². The first kappa shape index (κ1) is 30.3. The van der Waals surface area contributed by atoms with E-state index in [0.717, 1.165) is 14.9 Å². The molecule has 0 fully saturated rings. The number of carbonyl (C=O) groups excluding carboxylic acids is 4. The van der Waals surface area contributed by atoms with E-state index in [1.54, 1.807) is 78.9 Å². The number of amides is 4. The zero-order valence-electron chi connectivity index (χ0n) is 22.5. The Bertz CT molecular complexity index is 1590. The average Bonchev–Trinajstić information content (AvgIpc) is 2.98. The minimum atomic E-state index is -0.480. The quantitative estimate of drug-likeness (QED) is 0.116. The van der Waals surface area contributed by atoms with Crippen molar-refractivity contribution in [1.82, 2.24) is 5.32 Å². The van der Waals surface area contributed by atoms with Crippen LogP contribution in [0.25, 0.3) is 6.08 Å². The Morgan fingerprint density at radius 3 is 1.90 bits per heavy atom. The molecule has 0 aliphatic rings. The minimum Gasteiger partial charge on any atom is -0.326 e. The Morgan fingerprint density at radius 2 is 1.29 bits per heavy atom. The van der Waals surface area contributed by atoms with Gasteiger partial charge in [-0.25, -0.2) is 0 Å². The van der Waals surface area contributed by atoms with Gasteiger partial charge in [0.1, 0.15) is 5.70 Å².